The molecule has 2 atom stereocenters. The Kier molecular flexibility index (Phi) is 3.40. The summed E-state index contributed by atoms with van der Waals surface area (Å²) >= 11 is 3.60. The third kappa shape index (κ3) is 2.24. The van der Waals surface area contributed by atoms with Gasteiger partial charge in [-0.1, -0.05) is 22.0 Å². The first kappa shape index (κ1) is 13.3. The number of benzene rings is 1. The van der Waals surface area contributed by atoms with E-state index in [2.05, 4.69) is 44.8 Å². The molecule has 1 saturated carbocycles. The summed E-state index contributed by atoms with van der Waals surface area (Å²) in [6, 6.07) is 7.64. The Morgan fingerprint density at radius 2 is 2.15 bits per heavy atom. The van der Waals surface area contributed by atoms with Crippen LogP contribution in [0, 0.1) is 5.92 Å². The van der Waals surface area contributed by atoms with Crippen molar-refractivity contribution in [2.24, 2.45) is 5.92 Å². The molecule has 3 aliphatic rings. The van der Waals surface area contributed by atoms with Crippen LogP contribution in [0.3, 0.4) is 0 Å². The Bertz CT molecular complexity index is 510. The summed E-state index contributed by atoms with van der Waals surface area (Å²) in [6.07, 6.45) is 6.65. The highest BCUT2D eigenvalue weighted by molar-refractivity contribution is 9.10. The molecule has 3 heteroatoms. The summed E-state index contributed by atoms with van der Waals surface area (Å²) in [5, 5.41) is 7.33. The molecule has 0 radical (unpaired) electrons. The first-order valence-corrected chi connectivity index (χ1v) is 8.80. The lowest BCUT2D eigenvalue weighted by atomic mass is 9.96. The summed E-state index contributed by atoms with van der Waals surface area (Å²) in [5.41, 5.74) is 3.69. The van der Waals surface area contributed by atoms with Gasteiger partial charge in [0.05, 0.1) is 0 Å². The van der Waals surface area contributed by atoms with E-state index >= 15 is 0 Å². The summed E-state index contributed by atoms with van der Waals surface area (Å²) < 4.78 is 1.23. The van der Waals surface area contributed by atoms with E-state index in [4.69, 9.17) is 0 Å². The van der Waals surface area contributed by atoms with Gasteiger partial charge in [-0.3, -0.25) is 0 Å². The van der Waals surface area contributed by atoms with Crippen LogP contribution in [0.2, 0.25) is 0 Å². The summed E-state index contributed by atoms with van der Waals surface area (Å²) in [6.45, 7) is 3.64. The molecule has 1 saturated heterocycles. The number of hydrogen-bond acceptors (Lipinski definition) is 2. The lowest BCUT2D eigenvalue weighted by molar-refractivity contribution is 0.351. The Balaban J connectivity index is 1.40. The molecule has 2 nitrogen and oxygen atoms in total. The molecular formula is C17H23BrN2. The fraction of sp³-hybridized carbons (Fsp3) is 0.647. The average Bonchev–Trinajstić information content (AvgIpc) is 3.06. The van der Waals surface area contributed by atoms with Gasteiger partial charge in [0.25, 0.3) is 0 Å². The van der Waals surface area contributed by atoms with Gasteiger partial charge in [0.15, 0.2) is 0 Å². The third-order valence-electron chi connectivity index (χ3n) is 5.63. The van der Waals surface area contributed by atoms with Crippen molar-refractivity contribution in [1.29, 1.82) is 0 Å². The van der Waals surface area contributed by atoms with Crippen LogP contribution in [0.1, 0.15) is 36.8 Å². The molecule has 0 aromatic heterocycles. The second kappa shape index (κ2) is 5.11. The number of halogens is 1. The molecular weight excluding hydrogens is 312 g/mol. The molecule has 4 rings (SSSR count). The molecule has 20 heavy (non-hydrogen) atoms. The van der Waals surface area contributed by atoms with Crippen LogP contribution in [-0.2, 0) is 11.8 Å². The normalized spacial score (nSPS) is 32.5. The zero-order chi connectivity index (χ0) is 13.6. The first-order chi connectivity index (χ1) is 9.78. The lowest BCUT2D eigenvalue weighted by Gasteiger charge is -2.23. The van der Waals surface area contributed by atoms with Gasteiger partial charge in [0.2, 0.25) is 0 Å². The highest BCUT2D eigenvalue weighted by Crippen LogP contribution is 2.57. The predicted octanol–water partition coefficient (Wildman–Crippen LogP) is 2.99. The van der Waals surface area contributed by atoms with Gasteiger partial charge in [-0.2, -0.15) is 0 Å². The second-order valence-corrected chi connectivity index (χ2v) is 7.73. The minimum Gasteiger partial charge on any atom is -0.317 e. The molecule has 1 aromatic carbocycles. The molecule has 0 unspecified atom stereocenters. The van der Waals surface area contributed by atoms with E-state index in [-0.39, 0.29) is 0 Å². The number of nitrogens with one attached hydrogen (secondary N) is 2. The fourth-order valence-corrected chi connectivity index (χ4v) is 4.70. The monoisotopic (exact) mass is 334 g/mol. The minimum atomic E-state index is 0.489. The van der Waals surface area contributed by atoms with Gasteiger partial charge in [0.1, 0.15) is 0 Å². The first-order valence-electron chi connectivity index (χ1n) is 8.01. The average molecular weight is 335 g/mol. The molecule has 1 aromatic rings. The van der Waals surface area contributed by atoms with Gasteiger partial charge in [-0.15, -0.1) is 0 Å². The van der Waals surface area contributed by atoms with Crippen LogP contribution >= 0.6 is 15.9 Å². The number of piperidine rings is 1. The van der Waals surface area contributed by atoms with Gasteiger partial charge < -0.3 is 10.6 Å². The molecule has 2 N–H and O–H groups in total. The van der Waals surface area contributed by atoms with E-state index < -0.39 is 0 Å². The van der Waals surface area contributed by atoms with E-state index in [0.29, 0.717) is 5.41 Å². The van der Waals surface area contributed by atoms with Gasteiger partial charge in [-0.05, 0) is 80.9 Å². The second-order valence-electron chi connectivity index (χ2n) is 6.82. The topological polar surface area (TPSA) is 24.1 Å². The van der Waals surface area contributed by atoms with Crippen LogP contribution < -0.4 is 10.6 Å². The van der Waals surface area contributed by atoms with Gasteiger partial charge >= 0.3 is 0 Å². The molecule has 2 fully saturated rings. The summed E-state index contributed by atoms with van der Waals surface area (Å²) in [4.78, 5) is 0. The quantitative estimate of drug-likeness (QED) is 0.887. The van der Waals surface area contributed by atoms with Crippen molar-refractivity contribution < 1.29 is 0 Å². The molecule has 0 bridgehead atoms. The van der Waals surface area contributed by atoms with Crippen molar-refractivity contribution in [3.63, 3.8) is 0 Å². The Morgan fingerprint density at radius 1 is 1.30 bits per heavy atom. The zero-order valence-corrected chi connectivity index (χ0v) is 13.5. The van der Waals surface area contributed by atoms with E-state index in [1.54, 1.807) is 11.1 Å². The highest BCUT2D eigenvalue weighted by atomic mass is 79.9. The molecule has 2 aliphatic carbocycles. The maximum atomic E-state index is 3.88. The summed E-state index contributed by atoms with van der Waals surface area (Å²) in [7, 11) is 0. The minimum absolute atomic E-state index is 0.489. The molecule has 1 spiro atoms. The number of hydrogen-bond donors (Lipinski definition) is 2. The smallest absolute Gasteiger partial charge is 0.0178 e. The molecule has 1 aliphatic heterocycles. The van der Waals surface area contributed by atoms with Crippen LogP contribution in [0.15, 0.2) is 22.7 Å². The van der Waals surface area contributed by atoms with Crippen molar-refractivity contribution in [2.75, 3.05) is 19.6 Å². The van der Waals surface area contributed by atoms with Crippen molar-refractivity contribution in [2.45, 2.75) is 43.6 Å². The summed E-state index contributed by atoms with van der Waals surface area (Å²) in [5.74, 6) is 0.889. The van der Waals surface area contributed by atoms with Crippen molar-refractivity contribution >= 4 is 15.9 Å². The lowest BCUT2D eigenvalue weighted by Crippen LogP contribution is -2.35. The Labute approximate surface area is 129 Å². The van der Waals surface area contributed by atoms with Crippen LogP contribution in [0.5, 0.6) is 0 Å². The molecule has 108 valence electrons. The van der Waals surface area contributed by atoms with Crippen LogP contribution in [0.25, 0.3) is 0 Å². The molecule has 0 amide bonds. The number of fused-ring (bicyclic) bond motifs is 2. The van der Waals surface area contributed by atoms with Crippen molar-refractivity contribution in [3.8, 4) is 0 Å². The highest BCUT2D eigenvalue weighted by Gasteiger charge is 2.57. The SMILES string of the molecule is Brc1ccc2c(c1)CC[C@]21C[C@@H]1NCC1CCNCC1. The van der Waals surface area contributed by atoms with Crippen molar-refractivity contribution in [1.82, 2.24) is 10.6 Å². The maximum Gasteiger partial charge on any atom is 0.0178 e. The molecule has 1 heterocycles. The standard InChI is InChI=1S/C17H23BrN2/c18-14-1-2-15-13(9-14)3-6-17(15)10-16(17)20-11-12-4-7-19-8-5-12/h1-2,9,12,16,19-20H,3-8,10-11H2/t16-,17-/m0/s1. The van der Waals surface area contributed by atoms with Crippen LogP contribution in [0.4, 0.5) is 0 Å². The maximum absolute atomic E-state index is 3.88. The number of rotatable bonds is 3. The van der Waals surface area contributed by atoms with Gasteiger partial charge in [0, 0.05) is 15.9 Å². The number of aryl methyl sites for hydroxylation is 1. The van der Waals surface area contributed by atoms with E-state index in [0.717, 1.165) is 12.0 Å². The van der Waals surface area contributed by atoms with Crippen LogP contribution in [-0.4, -0.2) is 25.7 Å². The third-order valence-corrected chi connectivity index (χ3v) is 6.12. The zero-order valence-electron chi connectivity index (χ0n) is 11.9. The van der Waals surface area contributed by atoms with E-state index in [1.807, 2.05) is 0 Å². The Hall–Kier alpha value is -0.380. The van der Waals surface area contributed by atoms with Gasteiger partial charge in [-0.25, -0.2) is 0 Å². The fourth-order valence-electron chi connectivity index (χ4n) is 4.29. The predicted molar refractivity (Wildman–Crippen MR) is 86.1 cm³/mol. The van der Waals surface area contributed by atoms with E-state index in [1.165, 1.54) is 56.2 Å². The van der Waals surface area contributed by atoms with E-state index in [9.17, 15) is 0 Å². The largest absolute Gasteiger partial charge is 0.317 e. The Morgan fingerprint density at radius 3 is 3.00 bits per heavy atom. The van der Waals surface area contributed by atoms with Crippen molar-refractivity contribution in [3.05, 3.63) is 33.8 Å².